The third kappa shape index (κ3) is 10.8. The second-order valence-corrected chi connectivity index (χ2v) is 14.1. The number of para-hydroxylation sites is 1. The minimum atomic E-state index is -0.906. The molecule has 3 aromatic rings. The van der Waals surface area contributed by atoms with Crippen LogP contribution in [0.1, 0.15) is 54.0 Å². The van der Waals surface area contributed by atoms with E-state index < -0.39 is 29.3 Å². The number of aliphatic imine (C=N–C) groups is 2. The first-order valence-corrected chi connectivity index (χ1v) is 17.1. The molecule has 1 N–H and O–H groups in total. The van der Waals surface area contributed by atoms with Crippen LogP contribution < -0.4 is 19.9 Å². The number of likely N-dealkylation sites (N-methyl/N-ethyl adjacent to an activating group) is 2. The number of amides is 3. The van der Waals surface area contributed by atoms with Gasteiger partial charge in [-0.25, -0.2) is 24.5 Å². The molecule has 0 aliphatic heterocycles. The molecule has 0 radical (unpaired) electrons. The van der Waals surface area contributed by atoms with Gasteiger partial charge in [0.05, 0.1) is 29.9 Å². The van der Waals surface area contributed by atoms with Crippen molar-refractivity contribution in [3.63, 3.8) is 0 Å². The SMILES string of the molecule is C=CCn1cc(/C(=C/C)N=C(N=C)N(C(=O)OC(C)(C)C)c2cc(NC(=O)C=C)c(N(C)CCN(C)C(=O)OC(C)(C)C)cc2OC)c2ccccc21. The maximum absolute atomic E-state index is 14.2. The summed E-state index contributed by atoms with van der Waals surface area (Å²) in [4.78, 5) is 53.1. The summed E-state index contributed by atoms with van der Waals surface area (Å²) in [7, 11) is 4.90. The fourth-order valence-electron chi connectivity index (χ4n) is 5.23. The van der Waals surface area contributed by atoms with Crippen LogP contribution >= 0.6 is 0 Å². The summed E-state index contributed by atoms with van der Waals surface area (Å²) in [5.41, 5.74) is 1.74. The highest BCUT2D eigenvalue weighted by Crippen LogP contribution is 2.40. The maximum Gasteiger partial charge on any atom is 0.422 e. The molecule has 2 aromatic carbocycles. The first-order chi connectivity index (χ1) is 24.9. The Labute approximate surface area is 312 Å². The lowest BCUT2D eigenvalue weighted by atomic mass is 10.1. The Balaban J connectivity index is 2.23. The number of rotatable bonds is 12. The Morgan fingerprint density at radius 1 is 0.943 bits per heavy atom. The molecule has 0 aliphatic carbocycles. The summed E-state index contributed by atoms with van der Waals surface area (Å²) in [6.07, 6.45) is 5.45. The van der Waals surface area contributed by atoms with Crippen LogP contribution in [-0.4, -0.2) is 85.7 Å². The number of nitrogens with zero attached hydrogens (tertiary/aromatic N) is 6. The molecule has 0 saturated carbocycles. The molecule has 284 valence electrons. The monoisotopic (exact) mass is 727 g/mol. The van der Waals surface area contributed by atoms with E-state index in [1.165, 1.54) is 12.0 Å². The highest BCUT2D eigenvalue weighted by molar-refractivity contribution is 6.18. The number of carbonyl (C=O) groups is 3. The Bertz CT molecular complexity index is 1910. The molecule has 13 heteroatoms. The van der Waals surface area contributed by atoms with Gasteiger partial charge >= 0.3 is 12.2 Å². The maximum atomic E-state index is 14.2. The smallest absolute Gasteiger partial charge is 0.422 e. The summed E-state index contributed by atoms with van der Waals surface area (Å²) in [6.45, 7) is 24.9. The standard InChI is InChI=1S/C40H53N7O6/c1-14-21-46-26-28(27-19-17-18-20-31(27)46)29(15-2)43-36(41-10)47(38(50)53-40(7,8)9)33-24-30(42-35(48)16-3)32(25-34(33)51-13)44(11)22-23-45(12)37(49)52-39(4,5)6/h14-20,24-26H,1,3,10,21-23H2,2,4-9,11-13H3,(H,42,48)/b29-15-,43-36?. The van der Waals surface area contributed by atoms with Gasteiger partial charge in [-0.3, -0.25) is 4.79 Å². The Hall–Kier alpha value is -5.85. The zero-order valence-corrected chi connectivity index (χ0v) is 32.6. The van der Waals surface area contributed by atoms with Gasteiger partial charge in [-0.1, -0.05) is 36.9 Å². The molecule has 1 heterocycles. The highest BCUT2D eigenvalue weighted by Gasteiger charge is 2.32. The minimum absolute atomic E-state index is 0.104. The molecule has 0 atom stereocenters. The molecule has 0 fully saturated rings. The van der Waals surface area contributed by atoms with Crippen LogP contribution in [0.3, 0.4) is 0 Å². The van der Waals surface area contributed by atoms with E-state index in [1.807, 2.05) is 54.4 Å². The van der Waals surface area contributed by atoms with E-state index in [1.54, 1.807) is 67.8 Å². The van der Waals surface area contributed by atoms with E-state index in [2.05, 4.69) is 34.8 Å². The molecule has 3 rings (SSSR count). The molecule has 1 aromatic heterocycles. The summed E-state index contributed by atoms with van der Waals surface area (Å²) in [5, 5.41) is 3.78. The van der Waals surface area contributed by atoms with Gasteiger partial charge in [0.1, 0.15) is 17.0 Å². The second kappa shape index (κ2) is 17.6. The van der Waals surface area contributed by atoms with Crippen molar-refractivity contribution in [1.29, 1.82) is 0 Å². The van der Waals surface area contributed by atoms with Crippen molar-refractivity contribution in [3.8, 4) is 5.75 Å². The van der Waals surface area contributed by atoms with Crippen molar-refractivity contribution in [3.05, 3.63) is 79.5 Å². The van der Waals surface area contributed by atoms with Crippen molar-refractivity contribution < 1.29 is 28.6 Å². The van der Waals surface area contributed by atoms with Crippen molar-refractivity contribution in [2.24, 2.45) is 9.98 Å². The van der Waals surface area contributed by atoms with Gasteiger partial charge in [0.2, 0.25) is 11.9 Å². The number of aromatic nitrogens is 1. The molecular formula is C40H53N7O6. The Morgan fingerprint density at radius 3 is 2.15 bits per heavy atom. The number of ether oxygens (including phenoxy) is 3. The normalized spacial score (nSPS) is 12.1. The number of benzene rings is 2. The van der Waals surface area contributed by atoms with Crippen LogP contribution in [0.5, 0.6) is 5.75 Å². The van der Waals surface area contributed by atoms with E-state index in [-0.39, 0.29) is 17.4 Å². The zero-order valence-electron chi connectivity index (χ0n) is 32.6. The van der Waals surface area contributed by atoms with Crippen LogP contribution in [-0.2, 0) is 20.8 Å². The van der Waals surface area contributed by atoms with Gasteiger partial charge in [-0.2, -0.15) is 0 Å². The molecule has 0 spiro atoms. The van der Waals surface area contributed by atoms with E-state index in [0.717, 1.165) is 27.4 Å². The largest absolute Gasteiger partial charge is 0.494 e. The number of allylic oxidation sites excluding steroid dienone is 2. The number of guanidine groups is 1. The predicted molar refractivity (Wildman–Crippen MR) is 215 cm³/mol. The summed E-state index contributed by atoms with van der Waals surface area (Å²) in [6, 6.07) is 11.1. The van der Waals surface area contributed by atoms with E-state index >= 15 is 0 Å². The Morgan fingerprint density at radius 2 is 1.58 bits per heavy atom. The quantitative estimate of drug-likeness (QED) is 0.0863. The first-order valence-electron chi connectivity index (χ1n) is 17.1. The minimum Gasteiger partial charge on any atom is -0.494 e. The first kappa shape index (κ1) is 41.6. The zero-order chi connectivity index (χ0) is 39.7. The molecule has 0 saturated heterocycles. The van der Waals surface area contributed by atoms with E-state index in [0.29, 0.717) is 36.7 Å². The fraction of sp³-hybridized carbons (Fsp3) is 0.375. The van der Waals surface area contributed by atoms with Crippen LogP contribution in [0.25, 0.3) is 16.6 Å². The summed E-state index contributed by atoms with van der Waals surface area (Å²) >= 11 is 0. The lowest BCUT2D eigenvalue weighted by Gasteiger charge is -2.30. The third-order valence-corrected chi connectivity index (χ3v) is 7.67. The molecule has 0 unspecified atom stereocenters. The van der Waals surface area contributed by atoms with Gasteiger partial charge < -0.3 is 33.9 Å². The van der Waals surface area contributed by atoms with Gasteiger partial charge in [-0.05, 0) is 73.4 Å². The molecule has 13 nitrogen and oxygen atoms in total. The predicted octanol–water partition coefficient (Wildman–Crippen LogP) is 8.12. The number of methoxy groups -OCH3 is 1. The average Bonchev–Trinajstić information content (AvgIpc) is 3.45. The third-order valence-electron chi connectivity index (χ3n) is 7.67. The van der Waals surface area contributed by atoms with Gasteiger partial charge in [-0.15, -0.1) is 6.58 Å². The average molecular weight is 728 g/mol. The summed E-state index contributed by atoms with van der Waals surface area (Å²) < 4.78 is 19.3. The number of carbonyl (C=O) groups excluding carboxylic acids is 3. The van der Waals surface area contributed by atoms with Gasteiger partial charge in [0.25, 0.3) is 0 Å². The van der Waals surface area contributed by atoms with Crippen molar-refractivity contribution in [2.45, 2.75) is 66.2 Å². The molecule has 53 heavy (non-hydrogen) atoms. The molecule has 0 aliphatic rings. The fourth-order valence-corrected chi connectivity index (χ4v) is 5.23. The number of fused-ring (bicyclic) bond motifs is 1. The van der Waals surface area contributed by atoms with Crippen LogP contribution in [0.2, 0.25) is 0 Å². The number of nitrogens with one attached hydrogen (secondary N) is 1. The van der Waals surface area contributed by atoms with Crippen molar-refractivity contribution in [1.82, 2.24) is 9.47 Å². The molecule has 3 amide bonds. The van der Waals surface area contributed by atoms with Crippen molar-refractivity contribution >= 4 is 64.4 Å². The second-order valence-electron chi connectivity index (χ2n) is 14.1. The molecule has 0 bridgehead atoms. The summed E-state index contributed by atoms with van der Waals surface area (Å²) in [5.74, 6) is -0.364. The number of anilines is 3. The van der Waals surface area contributed by atoms with Crippen LogP contribution in [0.15, 0.2) is 84.0 Å². The topological polar surface area (TPSA) is 130 Å². The van der Waals surface area contributed by atoms with Crippen LogP contribution in [0, 0.1) is 0 Å². The molecular weight excluding hydrogens is 674 g/mol. The number of hydrogen-bond acceptors (Lipinski definition) is 8. The van der Waals surface area contributed by atoms with Gasteiger partial charge in [0.15, 0.2) is 0 Å². The lowest BCUT2D eigenvalue weighted by Crippen LogP contribution is -2.41. The van der Waals surface area contributed by atoms with Crippen molar-refractivity contribution in [2.75, 3.05) is 49.4 Å². The highest BCUT2D eigenvalue weighted by atomic mass is 16.6. The lowest BCUT2D eigenvalue weighted by molar-refractivity contribution is -0.111. The number of hydrogen-bond donors (Lipinski definition) is 1. The van der Waals surface area contributed by atoms with Crippen LogP contribution in [0.4, 0.5) is 26.7 Å². The van der Waals surface area contributed by atoms with Gasteiger partial charge in [0, 0.05) is 62.5 Å². The van der Waals surface area contributed by atoms with E-state index in [9.17, 15) is 14.4 Å². The van der Waals surface area contributed by atoms with E-state index in [4.69, 9.17) is 19.2 Å². The Kier molecular flexibility index (Phi) is 13.8.